The molecule has 3 aromatic heterocycles. The lowest BCUT2D eigenvalue weighted by Crippen LogP contribution is -2.23. The number of hydrogen-bond acceptors (Lipinski definition) is 4. The van der Waals surface area contributed by atoms with E-state index in [1.165, 1.54) is 0 Å². The van der Waals surface area contributed by atoms with Crippen molar-refractivity contribution in [2.45, 2.75) is 13.5 Å². The predicted octanol–water partition coefficient (Wildman–Crippen LogP) is 1.90. The summed E-state index contributed by atoms with van der Waals surface area (Å²) in [5, 5.41) is 2.88. The normalized spacial score (nSPS) is 10.4. The number of pyridine rings is 2. The third kappa shape index (κ3) is 3.17. The van der Waals surface area contributed by atoms with E-state index in [1.54, 1.807) is 47.8 Å². The molecule has 0 saturated heterocycles. The van der Waals surface area contributed by atoms with Crippen molar-refractivity contribution < 1.29 is 4.79 Å². The second-order valence-electron chi connectivity index (χ2n) is 4.86. The lowest BCUT2D eigenvalue weighted by atomic mass is 10.2. The van der Waals surface area contributed by atoms with Gasteiger partial charge in [0.1, 0.15) is 12.1 Å². The van der Waals surface area contributed by atoms with Gasteiger partial charge in [-0.1, -0.05) is 6.07 Å². The molecule has 22 heavy (non-hydrogen) atoms. The summed E-state index contributed by atoms with van der Waals surface area (Å²) in [4.78, 5) is 24.6. The predicted molar refractivity (Wildman–Crippen MR) is 81.5 cm³/mol. The fourth-order valence-corrected chi connectivity index (χ4v) is 1.98. The number of hydrogen-bond donors (Lipinski definition) is 1. The number of carbonyl (C=O) groups is 1. The van der Waals surface area contributed by atoms with Crippen LogP contribution >= 0.6 is 0 Å². The SMILES string of the molecule is Cc1ccc(CNC(=O)c2ccnc(-n3ccnc3)c2)cn1. The van der Waals surface area contributed by atoms with Gasteiger partial charge in [0, 0.05) is 42.6 Å². The van der Waals surface area contributed by atoms with Gasteiger partial charge in [0.15, 0.2) is 0 Å². The van der Waals surface area contributed by atoms with E-state index in [2.05, 4.69) is 20.3 Å². The van der Waals surface area contributed by atoms with Crippen LogP contribution in [0.4, 0.5) is 0 Å². The first-order chi connectivity index (χ1) is 10.7. The lowest BCUT2D eigenvalue weighted by Gasteiger charge is -2.07. The van der Waals surface area contributed by atoms with Crippen LogP contribution in [0.15, 0.2) is 55.4 Å². The van der Waals surface area contributed by atoms with Crippen LogP contribution in [-0.4, -0.2) is 25.4 Å². The molecule has 0 saturated carbocycles. The molecule has 0 aliphatic heterocycles. The van der Waals surface area contributed by atoms with Crippen molar-refractivity contribution in [3.63, 3.8) is 0 Å². The van der Waals surface area contributed by atoms with Crippen molar-refractivity contribution >= 4 is 5.91 Å². The monoisotopic (exact) mass is 293 g/mol. The highest BCUT2D eigenvalue weighted by atomic mass is 16.1. The minimum atomic E-state index is -0.149. The first-order valence-corrected chi connectivity index (χ1v) is 6.86. The summed E-state index contributed by atoms with van der Waals surface area (Å²) < 4.78 is 1.75. The number of rotatable bonds is 4. The molecule has 0 spiro atoms. The topological polar surface area (TPSA) is 72.7 Å². The van der Waals surface area contributed by atoms with E-state index in [1.807, 2.05) is 19.1 Å². The van der Waals surface area contributed by atoms with Crippen molar-refractivity contribution in [3.8, 4) is 5.82 Å². The van der Waals surface area contributed by atoms with Crippen LogP contribution in [0.1, 0.15) is 21.6 Å². The second-order valence-corrected chi connectivity index (χ2v) is 4.86. The molecule has 0 aliphatic carbocycles. The summed E-state index contributed by atoms with van der Waals surface area (Å²) in [7, 11) is 0. The minimum Gasteiger partial charge on any atom is -0.348 e. The standard InChI is InChI=1S/C16H15N5O/c1-12-2-3-13(9-19-12)10-20-16(22)14-4-5-18-15(8-14)21-7-6-17-11-21/h2-9,11H,10H2,1H3,(H,20,22). The summed E-state index contributed by atoms with van der Waals surface area (Å²) in [6.45, 7) is 2.37. The van der Waals surface area contributed by atoms with Crippen LogP contribution in [0, 0.1) is 6.92 Å². The first kappa shape index (κ1) is 13.9. The Labute approximate surface area is 127 Å². The largest absolute Gasteiger partial charge is 0.348 e. The summed E-state index contributed by atoms with van der Waals surface area (Å²) in [6, 6.07) is 7.28. The van der Waals surface area contributed by atoms with Gasteiger partial charge in [-0.15, -0.1) is 0 Å². The van der Waals surface area contributed by atoms with Gasteiger partial charge in [-0.3, -0.25) is 14.3 Å². The first-order valence-electron chi connectivity index (χ1n) is 6.86. The van der Waals surface area contributed by atoms with Gasteiger partial charge >= 0.3 is 0 Å². The number of nitrogens with one attached hydrogen (secondary N) is 1. The average molecular weight is 293 g/mol. The molecule has 0 aromatic carbocycles. The summed E-state index contributed by atoms with van der Waals surface area (Å²) >= 11 is 0. The minimum absolute atomic E-state index is 0.149. The van der Waals surface area contributed by atoms with Gasteiger partial charge in [-0.25, -0.2) is 9.97 Å². The number of imidazole rings is 1. The molecule has 6 heteroatoms. The molecule has 3 heterocycles. The lowest BCUT2D eigenvalue weighted by molar-refractivity contribution is 0.0950. The van der Waals surface area contributed by atoms with Gasteiger partial charge in [0.05, 0.1) is 0 Å². The van der Waals surface area contributed by atoms with Crippen LogP contribution < -0.4 is 5.32 Å². The van der Waals surface area contributed by atoms with E-state index in [4.69, 9.17) is 0 Å². The van der Waals surface area contributed by atoms with E-state index in [0.29, 0.717) is 17.9 Å². The molecule has 1 N–H and O–H groups in total. The molecular weight excluding hydrogens is 278 g/mol. The Bertz CT molecular complexity index is 765. The van der Waals surface area contributed by atoms with E-state index in [0.717, 1.165) is 11.3 Å². The second kappa shape index (κ2) is 6.17. The van der Waals surface area contributed by atoms with Crippen molar-refractivity contribution in [2.24, 2.45) is 0 Å². The van der Waals surface area contributed by atoms with Gasteiger partial charge in [-0.2, -0.15) is 0 Å². The fraction of sp³-hybridized carbons (Fsp3) is 0.125. The molecule has 0 unspecified atom stereocenters. The average Bonchev–Trinajstić information content (AvgIpc) is 3.09. The highest BCUT2D eigenvalue weighted by Crippen LogP contribution is 2.07. The maximum absolute atomic E-state index is 12.2. The Kier molecular flexibility index (Phi) is 3.91. The highest BCUT2D eigenvalue weighted by molar-refractivity contribution is 5.94. The number of amides is 1. The van der Waals surface area contributed by atoms with Crippen LogP contribution in [-0.2, 0) is 6.54 Å². The molecule has 6 nitrogen and oxygen atoms in total. The molecule has 0 bridgehead atoms. The Balaban J connectivity index is 1.70. The molecule has 0 radical (unpaired) electrons. The summed E-state index contributed by atoms with van der Waals surface area (Å²) in [5.74, 6) is 0.506. The fourth-order valence-electron chi connectivity index (χ4n) is 1.98. The van der Waals surface area contributed by atoms with Crippen molar-refractivity contribution in [3.05, 3.63) is 72.2 Å². The molecular formula is C16H15N5O. The Hall–Kier alpha value is -3.02. The number of nitrogens with zero attached hydrogens (tertiary/aromatic N) is 4. The van der Waals surface area contributed by atoms with Crippen molar-refractivity contribution in [1.29, 1.82) is 0 Å². The number of carbonyl (C=O) groups excluding carboxylic acids is 1. The number of aromatic nitrogens is 4. The van der Waals surface area contributed by atoms with Crippen molar-refractivity contribution in [2.75, 3.05) is 0 Å². The van der Waals surface area contributed by atoms with Gasteiger partial charge in [0.25, 0.3) is 5.91 Å². The maximum atomic E-state index is 12.2. The van der Waals surface area contributed by atoms with E-state index >= 15 is 0 Å². The molecule has 0 fully saturated rings. The molecule has 0 aliphatic rings. The van der Waals surface area contributed by atoms with Gasteiger partial charge in [0.2, 0.25) is 0 Å². The van der Waals surface area contributed by atoms with Gasteiger partial charge in [-0.05, 0) is 30.7 Å². The Morgan fingerprint density at radius 2 is 2.14 bits per heavy atom. The van der Waals surface area contributed by atoms with E-state index in [9.17, 15) is 4.79 Å². The molecule has 3 aromatic rings. The van der Waals surface area contributed by atoms with Crippen LogP contribution in [0.25, 0.3) is 5.82 Å². The van der Waals surface area contributed by atoms with Crippen LogP contribution in [0.3, 0.4) is 0 Å². The Morgan fingerprint density at radius 1 is 1.23 bits per heavy atom. The zero-order chi connectivity index (χ0) is 15.4. The third-order valence-electron chi connectivity index (χ3n) is 3.20. The zero-order valence-electron chi connectivity index (χ0n) is 12.1. The van der Waals surface area contributed by atoms with Gasteiger partial charge < -0.3 is 5.32 Å². The molecule has 110 valence electrons. The highest BCUT2D eigenvalue weighted by Gasteiger charge is 2.07. The maximum Gasteiger partial charge on any atom is 0.251 e. The molecule has 3 rings (SSSR count). The third-order valence-corrected chi connectivity index (χ3v) is 3.20. The van der Waals surface area contributed by atoms with Crippen LogP contribution in [0.5, 0.6) is 0 Å². The number of aryl methyl sites for hydroxylation is 1. The van der Waals surface area contributed by atoms with E-state index < -0.39 is 0 Å². The molecule has 0 atom stereocenters. The summed E-state index contributed by atoms with van der Waals surface area (Å²) in [6.07, 6.45) is 8.46. The van der Waals surface area contributed by atoms with Crippen LogP contribution in [0.2, 0.25) is 0 Å². The zero-order valence-corrected chi connectivity index (χ0v) is 12.1. The smallest absolute Gasteiger partial charge is 0.251 e. The quantitative estimate of drug-likeness (QED) is 0.797. The Morgan fingerprint density at radius 3 is 2.86 bits per heavy atom. The molecule has 1 amide bonds. The summed E-state index contributed by atoms with van der Waals surface area (Å²) in [5.41, 5.74) is 2.47. The van der Waals surface area contributed by atoms with E-state index in [-0.39, 0.29) is 5.91 Å². The van der Waals surface area contributed by atoms with Crippen molar-refractivity contribution in [1.82, 2.24) is 24.8 Å².